The van der Waals surface area contributed by atoms with Gasteiger partial charge in [0.05, 0.1) is 46.6 Å². The molecule has 3 aromatic carbocycles. The average molecular weight is 539 g/mol. The molecule has 0 spiro atoms. The Morgan fingerprint density at radius 2 is 1.81 bits per heavy atom. The van der Waals surface area contributed by atoms with Crippen LogP contribution in [-0.4, -0.2) is 36.0 Å². The fourth-order valence-electron chi connectivity index (χ4n) is 4.38. The molecule has 2 heterocycles. The van der Waals surface area contributed by atoms with Crippen molar-refractivity contribution in [1.82, 2.24) is 4.98 Å². The van der Waals surface area contributed by atoms with Crippen molar-refractivity contribution in [3.63, 3.8) is 0 Å². The van der Waals surface area contributed by atoms with Gasteiger partial charge in [0.2, 0.25) is 0 Å². The molecular weight excluding hydrogens is 519 g/mol. The summed E-state index contributed by atoms with van der Waals surface area (Å²) in [5, 5.41) is 11.9. The number of hydrogen-bond donors (Lipinski definition) is 1. The lowest BCUT2D eigenvalue weighted by atomic mass is 9.94. The minimum atomic E-state index is -1.03. The number of nitrogens with zero attached hydrogens (tertiary/aromatic N) is 2. The number of aryl methyl sites for hydroxylation is 1. The number of hydrogen-bond acceptors (Lipinski definition) is 7. The van der Waals surface area contributed by atoms with Crippen LogP contribution in [0.1, 0.15) is 22.7 Å². The monoisotopic (exact) mass is 538 g/mol. The van der Waals surface area contributed by atoms with Crippen LogP contribution in [0.25, 0.3) is 16.0 Å². The van der Waals surface area contributed by atoms with E-state index in [1.54, 1.807) is 43.3 Å². The van der Waals surface area contributed by atoms with Crippen molar-refractivity contribution in [3.8, 4) is 11.5 Å². The first kappa shape index (κ1) is 24.7. The normalized spacial score (nSPS) is 17.0. The number of aromatic nitrogens is 1. The molecule has 1 atom stereocenters. The third-order valence-corrected chi connectivity index (χ3v) is 7.37. The fraction of sp³-hybridized carbons (Fsp3) is 0.148. The molecule has 37 heavy (non-hydrogen) atoms. The molecule has 0 aliphatic carbocycles. The number of amides is 1. The van der Waals surface area contributed by atoms with Crippen molar-refractivity contribution in [2.24, 2.45) is 0 Å². The summed E-state index contributed by atoms with van der Waals surface area (Å²) in [6, 6.07) is 13.1. The smallest absolute Gasteiger partial charge is 0.301 e. The van der Waals surface area contributed by atoms with Crippen LogP contribution in [-0.2, 0) is 9.59 Å². The number of aliphatic hydroxyl groups is 1. The van der Waals surface area contributed by atoms with Crippen LogP contribution >= 0.6 is 22.9 Å². The predicted molar refractivity (Wildman–Crippen MR) is 140 cm³/mol. The molecule has 1 amide bonds. The van der Waals surface area contributed by atoms with Gasteiger partial charge in [-0.05, 0) is 60.5 Å². The Morgan fingerprint density at radius 1 is 1.08 bits per heavy atom. The topological polar surface area (TPSA) is 89.0 Å². The van der Waals surface area contributed by atoms with Gasteiger partial charge >= 0.3 is 5.91 Å². The number of halogens is 2. The van der Waals surface area contributed by atoms with Crippen molar-refractivity contribution in [3.05, 3.63) is 87.7 Å². The zero-order valence-electron chi connectivity index (χ0n) is 19.9. The number of carbonyl (C=O) groups is 2. The van der Waals surface area contributed by atoms with E-state index in [2.05, 4.69) is 4.98 Å². The first-order chi connectivity index (χ1) is 17.7. The van der Waals surface area contributed by atoms with E-state index in [-0.39, 0.29) is 27.0 Å². The van der Waals surface area contributed by atoms with Crippen LogP contribution in [0, 0.1) is 12.7 Å². The molecule has 188 valence electrons. The first-order valence-electron chi connectivity index (χ1n) is 11.1. The van der Waals surface area contributed by atoms with Gasteiger partial charge in [-0.3, -0.25) is 14.5 Å². The van der Waals surface area contributed by atoms with Crippen molar-refractivity contribution >= 4 is 55.7 Å². The van der Waals surface area contributed by atoms with E-state index in [9.17, 15) is 19.1 Å². The van der Waals surface area contributed by atoms with Gasteiger partial charge in [-0.1, -0.05) is 35.1 Å². The molecule has 7 nitrogen and oxygen atoms in total. The highest BCUT2D eigenvalue weighted by Gasteiger charge is 2.48. The molecule has 1 aliphatic rings. The number of benzene rings is 3. The number of ketones is 1. The zero-order valence-corrected chi connectivity index (χ0v) is 21.5. The van der Waals surface area contributed by atoms with Crippen LogP contribution in [0.4, 0.5) is 9.52 Å². The Kier molecular flexibility index (Phi) is 6.35. The molecule has 1 aliphatic heterocycles. The van der Waals surface area contributed by atoms with Crippen LogP contribution in [0.2, 0.25) is 5.02 Å². The van der Waals surface area contributed by atoms with Crippen LogP contribution < -0.4 is 14.4 Å². The number of methoxy groups -OCH3 is 2. The zero-order chi connectivity index (χ0) is 26.4. The predicted octanol–water partition coefficient (Wildman–Crippen LogP) is 6.04. The Morgan fingerprint density at radius 3 is 2.49 bits per heavy atom. The third-order valence-electron chi connectivity index (χ3n) is 6.07. The number of carbonyl (C=O) groups excluding carboxylic acids is 2. The Hall–Kier alpha value is -3.95. The second kappa shape index (κ2) is 9.49. The Balaban J connectivity index is 1.77. The van der Waals surface area contributed by atoms with Gasteiger partial charge in [0.15, 0.2) is 5.13 Å². The number of thiazole rings is 1. The summed E-state index contributed by atoms with van der Waals surface area (Å²) >= 11 is 7.42. The molecule has 10 heteroatoms. The van der Waals surface area contributed by atoms with Crippen LogP contribution in [0.3, 0.4) is 0 Å². The lowest BCUT2D eigenvalue weighted by molar-refractivity contribution is -0.132. The number of Topliss-reactive ketones (excluding diaryl/α,β-unsaturated/α-hetero) is 1. The molecule has 0 radical (unpaired) electrons. The van der Waals surface area contributed by atoms with E-state index in [0.29, 0.717) is 21.5 Å². The molecule has 1 saturated heterocycles. The maximum absolute atomic E-state index is 13.8. The van der Waals surface area contributed by atoms with E-state index >= 15 is 0 Å². The van der Waals surface area contributed by atoms with Gasteiger partial charge < -0.3 is 14.6 Å². The van der Waals surface area contributed by atoms with Gasteiger partial charge in [-0.15, -0.1) is 0 Å². The van der Waals surface area contributed by atoms with Crippen molar-refractivity contribution in [2.45, 2.75) is 13.0 Å². The van der Waals surface area contributed by atoms with E-state index in [1.807, 2.05) is 0 Å². The van der Waals surface area contributed by atoms with Crippen molar-refractivity contribution in [2.75, 3.05) is 19.1 Å². The Labute approximate surface area is 220 Å². The lowest BCUT2D eigenvalue weighted by Gasteiger charge is -2.23. The molecule has 1 unspecified atom stereocenters. The lowest BCUT2D eigenvalue weighted by Crippen LogP contribution is -2.29. The van der Waals surface area contributed by atoms with Gasteiger partial charge in [-0.25, -0.2) is 9.37 Å². The number of rotatable bonds is 5. The van der Waals surface area contributed by atoms with E-state index in [1.165, 1.54) is 37.3 Å². The molecule has 0 bridgehead atoms. The third kappa shape index (κ3) is 4.20. The highest BCUT2D eigenvalue weighted by atomic mass is 35.5. The van der Waals surface area contributed by atoms with Gasteiger partial charge in [0, 0.05) is 0 Å². The average Bonchev–Trinajstić information content (AvgIpc) is 3.40. The van der Waals surface area contributed by atoms with E-state index in [0.717, 1.165) is 16.9 Å². The fourth-order valence-corrected chi connectivity index (χ4v) is 5.75. The van der Waals surface area contributed by atoms with Gasteiger partial charge in [0.1, 0.15) is 23.1 Å². The first-order valence-corrected chi connectivity index (χ1v) is 12.3. The minimum absolute atomic E-state index is 0.152. The Bertz CT molecular complexity index is 1600. The SMILES string of the molecule is COc1ccc(C2/C(=C(\O)c3cc(C)cc(Cl)c3OC)C(=O)C(=O)N2c2nc3ccc(F)cc3s2)cc1. The van der Waals surface area contributed by atoms with E-state index in [4.69, 9.17) is 21.1 Å². The molecule has 1 N–H and O–H groups in total. The molecule has 1 aromatic heterocycles. The summed E-state index contributed by atoms with van der Waals surface area (Å²) in [7, 11) is 2.92. The quantitative estimate of drug-likeness (QED) is 0.189. The highest BCUT2D eigenvalue weighted by molar-refractivity contribution is 7.22. The van der Waals surface area contributed by atoms with Gasteiger partial charge in [-0.2, -0.15) is 0 Å². The molecule has 1 fully saturated rings. The van der Waals surface area contributed by atoms with Crippen LogP contribution in [0.15, 0.2) is 60.2 Å². The van der Waals surface area contributed by atoms with E-state index < -0.39 is 29.3 Å². The molecule has 4 aromatic rings. The molecule has 5 rings (SSSR count). The van der Waals surface area contributed by atoms with Crippen molar-refractivity contribution in [1.29, 1.82) is 0 Å². The summed E-state index contributed by atoms with van der Waals surface area (Å²) in [5.74, 6) is -1.91. The number of fused-ring (bicyclic) bond motifs is 1. The summed E-state index contributed by atoms with van der Waals surface area (Å²) in [6.45, 7) is 1.78. The number of aliphatic hydroxyl groups excluding tert-OH is 1. The van der Waals surface area contributed by atoms with Gasteiger partial charge in [0.25, 0.3) is 5.78 Å². The van der Waals surface area contributed by atoms with Crippen LogP contribution in [0.5, 0.6) is 11.5 Å². The summed E-state index contributed by atoms with van der Waals surface area (Å²) in [6.07, 6.45) is 0. The maximum atomic E-state index is 13.8. The molecule has 0 saturated carbocycles. The maximum Gasteiger partial charge on any atom is 0.301 e. The minimum Gasteiger partial charge on any atom is -0.507 e. The number of anilines is 1. The second-order valence-electron chi connectivity index (χ2n) is 8.38. The highest BCUT2D eigenvalue weighted by Crippen LogP contribution is 2.46. The second-order valence-corrected chi connectivity index (χ2v) is 9.79. The summed E-state index contributed by atoms with van der Waals surface area (Å²) in [4.78, 5) is 32.6. The standard InChI is InChI=1S/C27H20ClFN2O5S/c1-13-10-17(25(36-3)18(28)11-13)23(32)21-22(14-4-7-16(35-2)8-5-14)31(26(34)24(21)33)27-30-19-9-6-15(29)12-20(19)37-27/h4-12,22,32H,1-3H3/b23-21+. The summed E-state index contributed by atoms with van der Waals surface area (Å²) < 4.78 is 25.0. The summed E-state index contributed by atoms with van der Waals surface area (Å²) in [5.41, 5.74) is 1.75. The van der Waals surface area contributed by atoms with Crippen molar-refractivity contribution < 1.29 is 28.6 Å². The molecular formula is C27H20ClFN2O5S. The number of ether oxygens (including phenoxy) is 2. The largest absolute Gasteiger partial charge is 0.507 e.